The molecule has 0 radical (unpaired) electrons. The number of amides is 3. The fraction of sp³-hybridized carbons (Fsp3) is 0.368. The van der Waals surface area contributed by atoms with Crippen LogP contribution in [0.2, 0.25) is 0 Å². The van der Waals surface area contributed by atoms with Crippen molar-refractivity contribution in [2.45, 2.75) is 43.7 Å². The standard InChI is InChI=1S/C19H20N4O5S2/c1-11-15(29-10-20-11)7-8-21-30(27,28)16-4-2-3-12-13(16)9-23(19(12)26)14-5-6-17(24)22-18(14)25/h2-4,10,14,21H,5-9H2,1H3,(H,22,24,25). The van der Waals surface area contributed by atoms with Crippen molar-refractivity contribution in [3.63, 3.8) is 0 Å². The molecule has 0 aliphatic carbocycles. The molecule has 0 spiro atoms. The summed E-state index contributed by atoms with van der Waals surface area (Å²) in [4.78, 5) is 43.0. The van der Waals surface area contributed by atoms with E-state index in [0.29, 0.717) is 12.0 Å². The van der Waals surface area contributed by atoms with Gasteiger partial charge in [0.15, 0.2) is 0 Å². The predicted octanol–water partition coefficient (Wildman–Crippen LogP) is 0.734. The van der Waals surface area contributed by atoms with Crippen molar-refractivity contribution in [3.05, 3.63) is 45.4 Å². The molecule has 0 saturated carbocycles. The van der Waals surface area contributed by atoms with Crippen LogP contribution in [-0.4, -0.2) is 48.6 Å². The van der Waals surface area contributed by atoms with Gasteiger partial charge in [0.1, 0.15) is 6.04 Å². The molecule has 30 heavy (non-hydrogen) atoms. The highest BCUT2D eigenvalue weighted by molar-refractivity contribution is 7.89. The number of benzene rings is 1. The Morgan fingerprint density at radius 3 is 2.80 bits per heavy atom. The summed E-state index contributed by atoms with van der Waals surface area (Å²) in [7, 11) is -3.85. The van der Waals surface area contributed by atoms with E-state index in [0.717, 1.165) is 10.6 Å². The number of thiazole rings is 1. The molecule has 2 aromatic rings. The molecule has 1 fully saturated rings. The molecule has 2 N–H and O–H groups in total. The summed E-state index contributed by atoms with van der Waals surface area (Å²) < 4.78 is 28.4. The second kappa shape index (κ2) is 7.89. The molecule has 4 rings (SSSR count). The highest BCUT2D eigenvalue weighted by atomic mass is 32.2. The minimum absolute atomic E-state index is 0.00544. The summed E-state index contributed by atoms with van der Waals surface area (Å²) >= 11 is 1.47. The number of hydrogen-bond acceptors (Lipinski definition) is 7. The number of aryl methyl sites for hydroxylation is 1. The van der Waals surface area contributed by atoms with Crippen molar-refractivity contribution in [2.75, 3.05) is 6.54 Å². The van der Waals surface area contributed by atoms with Gasteiger partial charge in [-0.05, 0) is 31.9 Å². The highest BCUT2D eigenvalue weighted by Crippen LogP contribution is 2.31. The fourth-order valence-corrected chi connectivity index (χ4v) is 5.82. The summed E-state index contributed by atoms with van der Waals surface area (Å²) in [6.45, 7) is 2.09. The highest BCUT2D eigenvalue weighted by Gasteiger charge is 2.41. The van der Waals surface area contributed by atoms with E-state index in [1.54, 1.807) is 11.6 Å². The van der Waals surface area contributed by atoms with Crippen molar-refractivity contribution in [1.82, 2.24) is 19.9 Å². The first kappa shape index (κ1) is 20.6. The SMILES string of the molecule is Cc1ncsc1CCNS(=O)(=O)c1cccc2c1CN(C1CCC(=O)NC1=O)C2=O. The third-order valence-electron chi connectivity index (χ3n) is 5.32. The number of carbonyl (C=O) groups excluding carboxylic acids is 3. The number of nitrogens with one attached hydrogen (secondary N) is 2. The Morgan fingerprint density at radius 2 is 2.10 bits per heavy atom. The normalized spacial score (nSPS) is 19.2. The van der Waals surface area contributed by atoms with Gasteiger partial charge < -0.3 is 4.90 Å². The summed E-state index contributed by atoms with van der Waals surface area (Å²) in [6, 6.07) is 3.75. The van der Waals surface area contributed by atoms with E-state index in [1.165, 1.54) is 28.4 Å². The number of rotatable bonds is 6. The Kier molecular flexibility index (Phi) is 5.43. The van der Waals surface area contributed by atoms with Crippen molar-refractivity contribution in [3.8, 4) is 0 Å². The van der Waals surface area contributed by atoms with Gasteiger partial charge in [-0.2, -0.15) is 0 Å². The molecule has 2 aliphatic rings. The Hall–Kier alpha value is -2.63. The average Bonchev–Trinajstić information content (AvgIpc) is 3.25. The van der Waals surface area contributed by atoms with Gasteiger partial charge in [-0.25, -0.2) is 18.1 Å². The van der Waals surface area contributed by atoms with Crippen LogP contribution in [0.4, 0.5) is 0 Å². The number of hydrogen-bond donors (Lipinski definition) is 2. The first-order chi connectivity index (χ1) is 14.3. The van der Waals surface area contributed by atoms with E-state index in [4.69, 9.17) is 0 Å². The maximum atomic E-state index is 12.9. The quantitative estimate of drug-likeness (QED) is 0.628. The van der Waals surface area contributed by atoms with Crippen LogP contribution in [0.5, 0.6) is 0 Å². The Morgan fingerprint density at radius 1 is 1.30 bits per heavy atom. The summed E-state index contributed by atoms with van der Waals surface area (Å²) in [5, 5.41) is 2.24. The fourth-order valence-electron chi connectivity index (χ4n) is 3.75. The van der Waals surface area contributed by atoms with E-state index in [-0.39, 0.29) is 42.3 Å². The van der Waals surface area contributed by atoms with Gasteiger partial charge in [0, 0.05) is 35.5 Å². The number of imide groups is 1. The summed E-state index contributed by atoms with van der Waals surface area (Å²) in [5.74, 6) is -1.31. The maximum absolute atomic E-state index is 12.9. The van der Waals surface area contributed by atoms with Crippen LogP contribution >= 0.6 is 11.3 Å². The number of piperidine rings is 1. The lowest BCUT2D eigenvalue weighted by molar-refractivity contribution is -0.136. The van der Waals surface area contributed by atoms with Crippen LogP contribution in [0.1, 0.15) is 39.3 Å². The zero-order chi connectivity index (χ0) is 21.5. The van der Waals surface area contributed by atoms with Crippen molar-refractivity contribution < 1.29 is 22.8 Å². The lowest BCUT2D eigenvalue weighted by Crippen LogP contribution is -2.52. The van der Waals surface area contributed by atoms with Gasteiger partial charge in [0.2, 0.25) is 21.8 Å². The molecule has 158 valence electrons. The Bertz CT molecular complexity index is 1140. The van der Waals surface area contributed by atoms with Crippen LogP contribution in [0.15, 0.2) is 28.6 Å². The lowest BCUT2D eigenvalue weighted by atomic mass is 10.0. The lowest BCUT2D eigenvalue weighted by Gasteiger charge is -2.29. The minimum Gasteiger partial charge on any atom is -0.322 e. The monoisotopic (exact) mass is 448 g/mol. The third kappa shape index (κ3) is 3.75. The topological polar surface area (TPSA) is 126 Å². The zero-order valence-electron chi connectivity index (χ0n) is 16.2. The van der Waals surface area contributed by atoms with Gasteiger partial charge in [-0.15, -0.1) is 11.3 Å². The summed E-state index contributed by atoms with van der Waals surface area (Å²) in [5.41, 5.74) is 3.23. The molecule has 1 unspecified atom stereocenters. The van der Waals surface area contributed by atoms with Crippen molar-refractivity contribution >= 4 is 39.1 Å². The largest absolute Gasteiger partial charge is 0.322 e. The molecular formula is C19H20N4O5S2. The second-order valence-corrected chi connectivity index (χ2v) is 9.87. The second-order valence-electron chi connectivity index (χ2n) is 7.19. The third-order valence-corrected chi connectivity index (χ3v) is 7.86. The molecule has 1 aromatic heterocycles. The van der Waals surface area contributed by atoms with Crippen LogP contribution < -0.4 is 10.0 Å². The Labute approximate surface area is 177 Å². The van der Waals surface area contributed by atoms with Crippen LogP contribution in [0.25, 0.3) is 0 Å². The van der Waals surface area contributed by atoms with E-state index in [1.807, 2.05) is 6.92 Å². The van der Waals surface area contributed by atoms with Crippen molar-refractivity contribution in [1.29, 1.82) is 0 Å². The molecule has 9 nitrogen and oxygen atoms in total. The van der Waals surface area contributed by atoms with Gasteiger partial charge in [-0.3, -0.25) is 19.7 Å². The zero-order valence-corrected chi connectivity index (χ0v) is 17.8. The van der Waals surface area contributed by atoms with Gasteiger partial charge >= 0.3 is 0 Å². The van der Waals surface area contributed by atoms with Gasteiger partial charge in [-0.1, -0.05) is 6.07 Å². The molecule has 2 aliphatic heterocycles. The number of carbonyl (C=O) groups is 3. The molecule has 3 amide bonds. The smallest absolute Gasteiger partial charge is 0.255 e. The molecule has 11 heteroatoms. The van der Waals surface area contributed by atoms with Crippen LogP contribution in [-0.2, 0) is 32.6 Å². The van der Waals surface area contributed by atoms with E-state index >= 15 is 0 Å². The number of fused-ring (bicyclic) bond motifs is 1. The number of nitrogens with zero attached hydrogens (tertiary/aromatic N) is 2. The van der Waals surface area contributed by atoms with E-state index in [9.17, 15) is 22.8 Å². The molecule has 0 bridgehead atoms. The molecule has 3 heterocycles. The molecular weight excluding hydrogens is 428 g/mol. The van der Waals surface area contributed by atoms with E-state index < -0.39 is 27.9 Å². The first-order valence-corrected chi connectivity index (χ1v) is 11.8. The Balaban J connectivity index is 1.54. The predicted molar refractivity (Wildman–Crippen MR) is 108 cm³/mol. The molecule has 1 saturated heterocycles. The number of sulfonamides is 1. The summed E-state index contributed by atoms with van der Waals surface area (Å²) in [6.07, 6.45) is 0.880. The molecule has 1 aromatic carbocycles. The maximum Gasteiger partial charge on any atom is 0.255 e. The number of aromatic nitrogens is 1. The van der Waals surface area contributed by atoms with Gasteiger partial charge in [0.25, 0.3) is 5.91 Å². The molecule has 1 atom stereocenters. The van der Waals surface area contributed by atoms with Gasteiger partial charge in [0.05, 0.1) is 16.1 Å². The van der Waals surface area contributed by atoms with Crippen LogP contribution in [0.3, 0.4) is 0 Å². The first-order valence-electron chi connectivity index (χ1n) is 9.43. The van der Waals surface area contributed by atoms with Crippen LogP contribution in [0, 0.1) is 6.92 Å². The average molecular weight is 449 g/mol. The minimum atomic E-state index is -3.85. The van der Waals surface area contributed by atoms with E-state index in [2.05, 4.69) is 15.0 Å². The van der Waals surface area contributed by atoms with Crippen molar-refractivity contribution in [2.24, 2.45) is 0 Å².